The summed E-state index contributed by atoms with van der Waals surface area (Å²) in [4.78, 5) is 24.1. The molecule has 1 unspecified atom stereocenters. The molecular formula is C21H31N3O2. The van der Waals surface area contributed by atoms with E-state index in [0.29, 0.717) is 6.54 Å². The molecule has 0 heterocycles. The second-order valence-corrected chi connectivity index (χ2v) is 6.82. The summed E-state index contributed by atoms with van der Waals surface area (Å²) in [5, 5.41) is 5.75. The van der Waals surface area contributed by atoms with Crippen molar-refractivity contribution >= 4 is 11.8 Å². The largest absolute Gasteiger partial charge is 0.350 e. The number of carbonyl (C=O) groups is 2. The molecule has 0 radical (unpaired) electrons. The van der Waals surface area contributed by atoms with E-state index in [-0.39, 0.29) is 17.9 Å². The van der Waals surface area contributed by atoms with Crippen LogP contribution in [0, 0.1) is 0 Å². The summed E-state index contributed by atoms with van der Waals surface area (Å²) in [6.45, 7) is 8.01. The minimum Gasteiger partial charge on any atom is -0.350 e. The van der Waals surface area contributed by atoms with Crippen LogP contribution in [-0.2, 0) is 9.59 Å². The minimum absolute atomic E-state index is 0.157. The number of allylic oxidation sites excluding steroid dienone is 3. The van der Waals surface area contributed by atoms with Gasteiger partial charge in [0, 0.05) is 12.6 Å². The van der Waals surface area contributed by atoms with Crippen LogP contribution >= 0.6 is 0 Å². The van der Waals surface area contributed by atoms with Gasteiger partial charge in [0.1, 0.15) is 0 Å². The van der Waals surface area contributed by atoms with Crippen molar-refractivity contribution in [3.05, 3.63) is 59.2 Å². The Morgan fingerprint density at radius 3 is 2.38 bits per heavy atom. The van der Waals surface area contributed by atoms with Gasteiger partial charge in [-0.05, 0) is 46.1 Å². The van der Waals surface area contributed by atoms with Gasteiger partial charge in [0.25, 0.3) is 0 Å². The molecule has 1 rings (SSSR count). The van der Waals surface area contributed by atoms with Crippen molar-refractivity contribution in [2.75, 3.05) is 6.54 Å². The summed E-state index contributed by atoms with van der Waals surface area (Å²) < 4.78 is 0. The first-order valence-corrected chi connectivity index (χ1v) is 8.99. The molecule has 0 fully saturated rings. The zero-order valence-corrected chi connectivity index (χ0v) is 16.2. The molecule has 0 bridgehead atoms. The predicted octanol–water partition coefficient (Wildman–Crippen LogP) is 3.00. The molecule has 0 aliphatic carbocycles. The standard InChI is InChI=1S/C21H31N3O2/c1-15(2)9-8-10-16(3)13-20(25)23-14-19(24-21(26)17(4)22)18-11-6-5-7-12-18/h5-7,9,11-13,17,19H,8,10,14,22H2,1-4H3,(H,23,25)(H,24,26)/b16-13+/t17?,19-/m1/s1. The van der Waals surface area contributed by atoms with E-state index in [2.05, 4.69) is 30.6 Å². The van der Waals surface area contributed by atoms with E-state index in [1.165, 1.54) is 5.57 Å². The number of rotatable bonds is 9. The maximum Gasteiger partial charge on any atom is 0.244 e. The van der Waals surface area contributed by atoms with Gasteiger partial charge in [-0.2, -0.15) is 0 Å². The highest BCUT2D eigenvalue weighted by molar-refractivity contribution is 5.88. The zero-order chi connectivity index (χ0) is 19.5. The van der Waals surface area contributed by atoms with E-state index in [9.17, 15) is 9.59 Å². The van der Waals surface area contributed by atoms with E-state index in [4.69, 9.17) is 5.73 Å². The molecule has 1 aromatic carbocycles. The Balaban J connectivity index is 2.66. The number of nitrogens with one attached hydrogen (secondary N) is 2. The van der Waals surface area contributed by atoms with Crippen molar-refractivity contribution in [2.24, 2.45) is 5.73 Å². The molecular weight excluding hydrogens is 326 g/mol. The highest BCUT2D eigenvalue weighted by Crippen LogP contribution is 2.12. The molecule has 2 amide bonds. The molecule has 0 aromatic heterocycles. The van der Waals surface area contributed by atoms with Crippen LogP contribution in [0.25, 0.3) is 0 Å². The Labute approximate surface area is 156 Å². The first-order valence-electron chi connectivity index (χ1n) is 8.99. The van der Waals surface area contributed by atoms with E-state index in [1.807, 2.05) is 37.3 Å². The first kappa shape index (κ1) is 21.6. The van der Waals surface area contributed by atoms with Gasteiger partial charge in [0.15, 0.2) is 0 Å². The Bertz CT molecular complexity index is 644. The summed E-state index contributed by atoms with van der Waals surface area (Å²) in [6, 6.07) is 8.61. The molecule has 0 aliphatic heterocycles. The third kappa shape index (κ3) is 8.62. The van der Waals surface area contributed by atoms with Gasteiger partial charge in [-0.15, -0.1) is 0 Å². The van der Waals surface area contributed by atoms with Crippen molar-refractivity contribution in [1.29, 1.82) is 0 Å². The van der Waals surface area contributed by atoms with Crippen LogP contribution in [0.1, 0.15) is 52.1 Å². The second kappa shape index (κ2) is 11.3. The molecule has 0 aliphatic rings. The number of amides is 2. The van der Waals surface area contributed by atoms with E-state index in [0.717, 1.165) is 24.0 Å². The molecule has 1 aromatic rings. The van der Waals surface area contributed by atoms with Gasteiger partial charge >= 0.3 is 0 Å². The lowest BCUT2D eigenvalue weighted by molar-refractivity contribution is -0.123. The Morgan fingerprint density at radius 1 is 1.15 bits per heavy atom. The Hall–Kier alpha value is -2.40. The van der Waals surface area contributed by atoms with Crippen LogP contribution < -0.4 is 16.4 Å². The van der Waals surface area contributed by atoms with E-state index < -0.39 is 6.04 Å². The lowest BCUT2D eigenvalue weighted by Gasteiger charge is -2.20. The summed E-state index contributed by atoms with van der Waals surface area (Å²) in [7, 11) is 0. The lowest BCUT2D eigenvalue weighted by atomic mass is 10.1. The summed E-state index contributed by atoms with van der Waals surface area (Å²) in [6.07, 6.45) is 5.55. The zero-order valence-electron chi connectivity index (χ0n) is 16.2. The summed E-state index contributed by atoms with van der Waals surface area (Å²) in [5.74, 6) is -0.405. The topological polar surface area (TPSA) is 84.2 Å². The van der Waals surface area contributed by atoms with Crippen LogP contribution in [-0.4, -0.2) is 24.4 Å². The van der Waals surface area contributed by atoms with Gasteiger partial charge in [0.2, 0.25) is 11.8 Å². The molecule has 0 spiro atoms. The highest BCUT2D eigenvalue weighted by atomic mass is 16.2. The molecule has 5 nitrogen and oxygen atoms in total. The van der Waals surface area contributed by atoms with Crippen LogP contribution in [0.5, 0.6) is 0 Å². The average molecular weight is 357 g/mol. The van der Waals surface area contributed by atoms with Crippen molar-refractivity contribution in [1.82, 2.24) is 10.6 Å². The number of hydrogen-bond donors (Lipinski definition) is 3. The fourth-order valence-electron chi connectivity index (χ4n) is 2.38. The Morgan fingerprint density at radius 2 is 1.81 bits per heavy atom. The third-order valence-electron chi connectivity index (χ3n) is 3.88. The summed E-state index contributed by atoms with van der Waals surface area (Å²) >= 11 is 0. The average Bonchev–Trinajstić information content (AvgIpc) is 2.58. The first-order chi connectivity index (χ1) is 12.3. The smallest absolute Gasteiger partial charge is 0.244 e. The van der Waals surface area contributed by atoms with Crippen LogP contribution in [0.3, 0.4) is 0 Å². The quantitative estimate of drug-likeness (QED) is 0.469. The van der Waals surface area contributed by atoms with Gasteiger partial charge in [-0.3, -0.25) is 9.59 Å². The van der Waals surface area contributed by atoms with Crippen molar-refractivity contribution in [2.45, 2.75) is 52.6 Å². The SMILES string of the molecule is CC(C)=CCC/C(C)=C/C(=O)NC[C@@H](NC(=O)C(C)N)c1ccccc1. The minimum atomic E-state index is -0.603. The van der Waals surface area contributed by atoms with Gasteiger partial charge in [-0.1, -0.05) is 47.6 Å². The Kier molecular flexibility index (Phi) is 9.37. The number of hydrogen-bond acceptors (Lipinski definition) is 3. The molecule has 26 heavy (non-hydrogen) atoms. The second-order valence-electron chi connectivity index (χ2n) is 6.82. The van der Waals surface area contributed by atoms with Crippen LogP contribution in [0.15, 0.2) is 53.6 Å². The fourth-order valence-corrected chi connectivity index (χ4v) is 2.38. The van der Waals surface area contributed by atoms with Crippen molar-refractivity contribution < 1.29 is 9.59 Å². The molecule has 4 N–H and O–H groups in total. The molecule has 2 atom stereocenters. The summed E-state index contributed by atoms with van der Waals surface area (Å²) in [5.41, 5.74) is 8.86. The van der Waals surface area contributed by atoms with E-state index >= 15 is 0 Å². The van der Waals surface area contributed by atoms with Crippen molar-refractivity contribution in [3.8, 4) is 0 Å². The fraction of sp³-hybridized carbons (Fsp3) is 0.429. The van der Waals surface area contributed by atoms with Crippen LogP contribution in [0.2, 0.25) is 0 Å². The third-order valence-corrected chi connectivity index (χ3v) is 3.88. The number of benzene rings is 1. The number of nitrogens with two attached hydrogens (primary N) is 1. The molecule has 0 saturated carbocycles. The highest BCUT2D eigenvalue weighted by Gasteiger charge is 2.17. The van der Waals surface area contributed by atoms with Gasteiger partial charge in [-0.25, -0.2) is 0 Å². The monoisotopic (exact) mass is 357 g/mol. The van der Waals surface area contributed by atoms with Gasteiger partial charge in [0.05, 0.1) is 12.1 Å². The molecule has 0 saturated heterocycles. The molecule has 5 heteroatoms. The predicted molar refractivity (Wildman–Crippen MR) is 106 cm³/mol. The van der Waals surface area contributed by atoms with Crippen LogP contribution in [0.4, 0.5) is 0 Å². The van der Waals surface area contributed by atoms with E-state index in [1.54, 1.807) is 13.0 Å². The maximum absolute atomic E-state index is 12.2. The normalized spacial score (nSPS) is 13.5. The lowest BCUT2D eigenvalue weighted by Crippen LogP contribution is -2.43. The maximum atomic E-state index is 12.2. The number of carbonyl (C=O) groups excluding carboxylic acids is 2. The van der Waals surface area contributed by atoms with Gasteiger partial charge < -0.3 is 16.4 Å². The van der Waals surface area contributed by atoms with Crippen molar-refractivity contribution in [3.63, 3.8) is 0 Å². The molecule has 142 valence electrons.